The Bertz CT molecular complexity index is 595. The topological polar surface area (TPSA) is 0 Å². The lowest BCUT2D eigenvalue weighted by molar-refractivity contribution is 0.448. The molecule has 0 nitrogen and oxygen atoms in total. The van der Waals surface area contributed by atoms with Crippen LogP contribution in [-0.4, -0.2) is 0 Å². The Morgan fingerprint density at radius 2 is 1.70 bits per heavy atom. The minimum atomic E-state index is 0.289. The Labute approximate surface area is 123 Å². The van der Waals surface area contributed by atoms with Gasteiger partial charge < -0.3 is 0 Å². The molecule has 0 amide bonds. The molecule has 0 fully saturated rings. The van der Waals surface area contributed by atoms with Crippen molar-refractivity contribution in [3.8, 4) is 11.1 Å². The van der Waals surface area contributed by atoms with Crippen LogP contribution in [-0.2, 0) is 11.8 Å². The van der Waals surface area contributed by atoms with Crippen LogP contribution < -0.4 is 0 Å². The fourth-order valence-corrected chi connectivity index (χ4v) is 3.21. The summed E-state index contributed by atoms with van der Waals surface area (Å²) in [5, 5.41) is 0. The predicted octanol–water partition coefficient (Wildman–Crippen LogP) is 5.91. The number of hydrogen-bond donors (Lipinski definition) is 0. The highest BCUT2D eigenvalue weighted by atomic mass is 14.4. The second kappa shape index (κ2) is 5.83. The van der Waals surface area contributed by atoms with Gasteiger partial charge in [0.1, 0.15) is 0 Å². The van der Waals surface area contributed by atoms with Crippen molar-refractivity contribution in [3.63, 3.8) is 0 Å². The molecule has 1 aliphatic rings. The second-order valence-corrected chi connectivity index (χ2v) is 5.80. The molecule has 0 radical (unpaired) electrons. The van der Waals surface area contributed by atoms with Gasteiger partial charge in [0.15, 0.2) is 0 Å². The van der Waals surface area contributed by atoms with E-state index in [9.17, 15) is 0 Å². The average molecular weight is 266 g/mol. The van der Waals surface area contributed by atoms with Crippen LogP contribution in [0.25, 0.3) is 11.1 Å². The molecule has 0 saturated carbocycles. The molecule has 0 aliphatic heterocycles. The minimum absolute atomic E-state index is 0.289. The van der Waals surface area contributed by atoms with E-state index in [2.05, 4.69) is 63.2 Å². The standard InChI is InChI=1S/C18H20.C2H6/c1-4-18(3)12-14-11-13(2)9-10-15(14)16-7-5-6-8-17(16)18;1-2/h5-11H,4,12H2,1-3H3;1-2H3. The smallest absolute Gasteiger partial charge is 0.00312 e. The minimum Gasteiger partial charge on any atom is -0.0683 e. The van der Waals surface area contributed by atoms with E-state index in [-0.39, 0.29) is 5.41 Å². The van der Waals surface area contributed by atoms with Crippen LogP contribution in [0.15, 0.2) is 42.5 Å². The highest BCUT2D eigenvalue weighted by Crippen LogP contribution is 2.44. The summed E-state index contributed by atoms with van der Waals surface area (Å²) in [4.78, 5) is 0. The number of fused-ring (bicyclic) bond motifs is 3. The van der Waals surface area contributed by atoms with Gasteiger partial charge in [0.05, 0.1) is 0 Å². The van der Waals surface area contributed by atoms with Crippen LogP contribution in [0, 0.1) is 6.92 Å². The molecule has 20 heavy (non-hydrogen) atoms. The molecule has 3 rings (SSSR count). The summed E-state index contributed by atoms with van der Waals surface area (Å²) in [6, 6.07) is 15.8. The summed E-state index contributed by atoms with van der Waals surface area (Å²) in [7, 11) is 0. The fourth-order valence-electron chi connectivity index (χ4n) is 3.21. The Morgan fingerprint density at radius 3 is 2.40 bits per heavy atom. The lowest BCUT2D eigenvalue weighted by Crippen LogP contribution is -2.28. The summed E-state index contributed by atoms with van der Waals surface area (Å²) in [6.45, 7) is 10.9. The van der Waals surface area contributed by atoms with Crippen LogP contribution in [0.4, 0.5) is 0 Å². The monoisotopic (exact) mass is 266 g/mol. The van der Waals surface area contributed by atoms with Gasteiger partial charge in [-0.2, -0.15) is 0 Å². The second-order valence-electron chi connectivity index (χ2n) is 5.80. The summed E-state index contributed by atoms with van der Waals surface area (Å²) in [6.07, 6.45) is 2.36. The first-order chi connectivity index (χ1) is 9.64. The molecular formula is C20H26. The lowest BCUT2D eigenvalue weighted by atomic mass is 9.67. The third kappa shape index (κ3) is 2.40. The first-order valence-corrected chi connectivity index (χ1v) is 7.83. The maximum Gasteiger partial charge on any atom is -0.00312 e. The SMILES string of the molecule is CC.CCC1(C)Cc2cc(C)ccc2-c2ccccc21. The third-order valence-corrected chi connectivity index (χ3v) is 4.49. The van der Waals surface area contributed by atoms with Gasteiger partial charge in [-0.3, -0.25) is 0 Å². The third-order valence-electron chi connectivity index (χ3n) is 4.49. The summed E-state index contributed by atoms with van der Waals surface area (Å²) in [5.41, 5.74) is 7.55. The molecule has 1 aliphatic carbocycles. The van der Waals surface area contributed by atoms with Crippen molar-refractivity contribution >= 4 is 0 Å². The molecular weight excluding hydrogens is 240 g/mol. The zero-order chi connectivity index (χ0) is 14.8. The van der Waals surface area contributed by atoms with E-state index in [1.807, 2.05) is 13.8 Å². The van der Waals surface area contributed by atoms with E-state index in [0.717, 1.165) is 6.42 Å². The first kappa shape index (κ1) is 14.8. The Hall–Kier alpha value is -1.56. The zero-order valence-corrected chi connectivity index (χ0v) is 13.5. The Balaban J connectivity index is 0.000000704. The van der Waals surface area contributed by atoms with Crippen molar-refractivity contribution in [2.75, 3.05) is 0 Å². The van der Waals surface area contributed by atoms with Crippen molar-refractivity contribution < 1.29 is 0 Å². The largest absolute Gasteiger partial charge is 0.0683 e. The average Bonchev–Trinajstić information content (AvgIpc) is 2.49. The summed E-state index contributed by atoms with van der Waals surface area (Å²) < 4.78 is 0. The molecule has 2 aromatic carbocycles. The Kier molecular flexibility index (Phi) is 4.32. The van der Waals surface area contributed by atoms with E-state index >= 15 is 0 Å². The highest BCUT2D eigenvalue weighted by Gasteiger charge is 2.32. The molecule has 2 aromatic rings. The molecule has 1 atom stereocenters. The predicted molar refractivity (Wildman–Crippen MR) is 89.3 cm³/mol. The molecule has 0 heteroatoms. The van der Waals surface area contributed by atoms with Crippen molar-refractivity contribution in [2.45, 2.75) is 52.9 Å². The van der Waals surface area contributed by atoms with Gasteiger partial charge in [-0.25, -0.2) is 0 Å². The normalized spacial score (nSPS) is 19.4. The number of benzene rings is 2. The maximum atomic E-state index is 2.40. The lowest BCUT2D eigenvalue weighted by Gasteiger charge is -2.36. The molecule has 106 valence electrons. The van der Waals surface area contributed by atoms with Crippen molar-refractivity contribution in [1.82, 2.24) is 0 Å². The Morgan fingerprint density at radius 1 is 1.00 bits per heavy atom. The highest BCUT2D eigenvalue weighted by molar-refractivity contribution is 5.75. The van der Waals surface area contributed by atoms with E-state index in [4.69, 9.17) is 0 Å². The zero-order valence-electron chi connectivity index (χ0n) is 13.5. The number of rotatable bonds is 1. The van der Waals surface area contributed by atoms with Gasteiger partial charge >= 0.3 is 0 Å². The molecule has 0 heterocycles. The van der Waals surface area contributed by atoms with Crippen molar-refractivity contribution in [1.29, 1.82) is 0 Å². The molecule has 0 N–H and O–H groups in total. The van der Waals surface area contributed by atoms with E-state index in [1.54, 1.807) is 0 Å². The van der Waals surface area contributed by atoms with Gasteiger partial charge in [-0.05, 0) is 47.4 Å². The fraction of sp³-hybridized carbons (Fsp3) is 0.400. The molecule has 0 bridgehead atoms. The van der Waals surface area contributed by atoms with E-state index in [0.29, 0.717) is 0 Å². The van der Waals surface area contributed by atoms with Crippen LogP contribution in [0.3, 0.4) is 0 Å². The van der Waals surface area contributed by atoms with Crippen LogP contribution in [0.5, 0.6) is 0 Å². The van der Waals surface area contributed by atoms with Crippen LogP contribution >= 0.6 is 0 Å². The number of aryl methyl sites for hydroxylation is 1. The van der Waals surface area contributed by atoms with E-state index < -0.39 is 0 Å². The van der Waals surface area contributed by atoms with Gasteiger partial charge in [-0.1, -0.05) is 75.7 Å². The number of hydrogen-bond acceptors (Lipinski definition) is 0. The van der Waals surface area contributed by atoms with Crippen molar-refractivity contribution in [3.05, 3.63) is 59.2 Å². The molecule has 0 aromatic heterocycles. The quantitative estimate of drug-likeness (QED) is 0.601. The molecule has 0 saturated heterocycles. The summed E-state index contributed by atoms with van der Waals surface area (Å²) in [5.74, 6) is 0. The molecule has 1 unspecified atom stereocenters. The van der Waals surface area contributed by atoms with Gasteiger partial charge in [0.25, 0.3) is 0 Å². The molecule has 0 spiro atoms. The van der Waals surface area contributed by atoms with Gasteiger partial charge in [-0.15, -0.1) is 0 Å². The van der Waals surface area contributed by atoms with E-state index in [1.165, 1.54) is 34.2 Å². The van der Waals surface area contributed by atoms with Crippen molar-refractivity contribution in [2.24, 2.45) is 0 Å². The first-order valence-electron chi connectivity index (χ1n) is 7.83. The van der Waals surface area contributed by atoms with Gasteiger partial charge in [0.2, 0.25) is 0 Å². The summed E-state index contributed by atoms with van der Waals surface area (Å²) >= 11 is 0. The van der Waals surface area contributed by atoms with Crippen LogP contribution in [0.1, 0.15) is 50.8 Å². The maximum absolute atomic E-state index is 2.40. The van der Waals surface area contributed by atoms with Gasteiger partial charge in [0, 0.05) is 0 Å². The van der Waals surface area contributed by atoms with Crippen LogP contribution in [0.2, 0.25) is 0 Å².